The molecule has 1 aromatic rings. The van der Waals surface area contributed by atoms with Crippen molar-refractivity contribution >= 4 is 0 Å². The van der Waals surface area contributed by atoms with E-state index >= 15 is 0 Å². The Kier molecular flexibility index (Phi) is 2.21. The van der Waals surface area contributed by atoms with Gasteiger partial charge in [-0.2, -0.15) is 0 Å². The van der Waals surface area contributed by atoms with Crippen molar-refractivity contribution in [1.29, 1.82) is 0 Å². The van der Waals surface area contributed by atoms with Crippen LogP contribution in [0.1, 0.15) is 24.5 Å². The van der Waals surface area contributed by atoms with Crippen molar-refractivity contribution < 1.29 is 9.13 Å². The van der Waals surface area contributed by atoms with E-state index in [0.717, 1.165) is 42.7 Å². The van der Waals surface area contributed by atoms with E-state index in [1.807, 2.05) is 13.0 Å². The summed E-state index contributed by atoms with van der Waals surface area (Å²) in [6.45, 7) is 2.69. The van der Waals surface area contributed by atoms with Gasteiger partial charge in [0.15, 0.2) is 0 Å². The van der Waals surface area contributed by atoms with E-state index in [2.05, 4.69) is 0 Å². The van der Waals surface area contributed by atoms with Crippen molar-refractivity contribution in [2.75, 3.05) is 6.61 Å². The van der Waals surface area contributed by atoms with Gasteiger partial charge in [-0.1, -0.05) is 6.92 Å². The zero-order valence-corrected chi connectivity index (χ0v) is 7.77. The molecule has 0 bridgehead atoms. The Bertz CT molecular complexity index is 320. The predicted molar refractivity (Wildman–Crippen MR) is 49.6 cm³/mol. The highest BCUT2D eigenvalue weighted by atomic mass is 19.1. The summed E-state index contributed by atoms with van der Waals surface area (Å²) < 4.78 is 18.7. The van der Waals surface area contributed by atoms with Crippen molar-refractivity contribution in [3.05, 3.63) is 29.1 Å². The van der Waals surface area contributed by atoms with Crippen molar-refractivity contribution in [1.82, 2.24) is 0 Å². The Balaban J connectivity index is 2.44. The topological polar surface area (TPSA) is 9.23 Å². The molecule has 2 rings (SSSR count). The normalized spacial score (nSPS) is 14.9. The fourth-order valence-electron chi connectivity index (χ4n) is 1.70. The third kappa shape index (κ3) is 1.53. The summed E-state index contributed by atoms with van der Waals surface area (Å²) in [5, 5.41) is 0. The van der Waals surface area contributed by atoms with Crippen LogP contribution in [0.25, 0.3) is 0 Å². The van der Waals surface area contributed by atoms with E-state index < -0.39 is 0 Å². The molecule has 0 N–H and O–H groups in total. The van der Waals surface area contributed by atoms with Crippen LogP contribution in [-0.4, -0.2) is 6.61 Å². The van der Waals surface area contributed by atoms with Crippen molar-refractivity contribution in [3.8, 4) is 5.75 Å². The third-order valence-electron chi connectivity index (χ3n) is 2.46. The highest BCUT2D eigenvalue weighted by molar-refractivity contribution is 5.39. The predicted octanol–water partition coefficient (Wildman–Crippen LogP) is 2.71. The fourth-order valence-corrected chi connectivity index (χ4v) is 1.70. The molecule has 70 valence electrons. The summed E-state index contributed by atoms with van der Waals surface area (Å²) >= 11 is 0. The number of halogens is 1. The molecule has 0 fully saturated rings. The molecule has 0 unspecified atom stereocenters. The molecule has 1 aliphatic rings. The summed E-state index contributed by atoms with van der Waals surface area (Å²) in [6, 6.07) is 3.46. The van der Waals surface area contributed by atoms with Crippen LogP contribution in [0.15, 0.2) is 12.1 Å². The maximum Gasteiger partial charge on any atom is 0.130 e. The number of hydrogen-bond acceptors (Lipinski definition) is 1. The lowest BCUT2D eigenvalue weighted by atomic mass is 10.0. The van der Waals surface area contributed by atoms with Crippen LogP contribution in [0.5, 0.6) is 5.75 Å². The Hall–Kier alpha value is -1.05. The monoisotopic (exact) mass is 180 g/mol. The third-order valence-corrected chi connectivity index (χ3v) is 2.46. The zero-order valence-electron chi connectivity index (χ0n) is 7.77. The van der Waals surface area contributed by atoms with Gasteiger partial charge in [0, 0.05) is 6.07 Å². The SMILES string of the molecule is CCc1cc2c(cc1F)OCCC2. The second-order valence-corrected chi connectivity index (χ2v) is 3.36. The van der Waals surface area contributed by atoms with Crippen molar-refractivity contribution in [2.45, 2.75) is 26.2 Å². The maximum atomic E-state index is 13.3. The minimum Gasteiger partial charge on any atom is -0.493 e. The summed E-state index contributed by atoms with van der Waals surface area (Å²) in [7, 11) is 0. The van der Waals surface area contributed by atoms with Gasteiger partial charge in [-0.15, -0.1) is 0 Å². The lowest BCUT2D eigenvalue weighted by Crippen LogP contribution is -2.09. The van der Waals surface area contributed by atoms with E-state index in [9.17, 15) is 4.39 Å². The Morgan fingerprint density at radius 1 is 1.46 bits per heavy atom. The molecule has 13 heavy (non-hydrogen) atoms. The molecule has 0 saturated carbocycles. The molecule has 0 aromatic heterocycles. The van der Waals surface area contributed by atoms with Crippen LogP contribution >= 0.6 is 0 Å². The van der Waals surface area contributed by atoms with Gasteiger partial charge in [0.05, 0.1) is 6.61 Å². The van der Waals surface area contributed by atoms with Crippen molar-refractivity contribution in [2.24, 2.45) is 0 Å². The molecule has 1 aliphatic heterocycles. The lowest BCUT2D eigenvalue weighted by Gasteiger charge is -2.18. The number of fused-ring (bicyclic) bond motifs is 1. The first-order valence-corrected chi connectivity index (χ1v) is 4.75. The first-order chi connectivity index (χ1) is 6.31. The number of benzene rings is 1. The molecular formula is C11H13FO. The Labute approximate surface area is 77.5 Å². The smallest absolute Gasteiger partial charge is 0.130 e. The van der Waals surface area contributed by atoms with E-state index in [1.165, 1.54) is 6.07 Å². The van der Waals surface area contributed by atoms with E-state index in [1.54, 1.807) is 0 Å². The minimum atomic E-state index is -0.136. The summed E-state index contributed by atoms with van der Waals surface area (Å²) in [5.41, 5.74) is 1.95. The molecule has 0 radical (unpaired) electrons. The fraction of sp³-hybridized carbons (Fsp3) is 0.455. The summed E-state index contributed by atoms with van der Waals surface area (Å²) in [4.78, 5) is 0. The molecule has 0 atom stereocenters. The molecule has 1 aromatic carbocycles. The molecular weight excluding hydrogens is 167 g/mol. The van der Waals surface area contributed by atoms with Gasteiger partial charge in [-0.3, -0.25) is 0 Å². The van der Waals surface area contributed by atoms with Gasteiger partial charge in [0.25, 0.3) is 0 Å². The Morgan fingerprint density at radius 3 is 3.08 bits per heavy atom. The molecule has 0 saturated heterocycles. The maximum absolute atomic E-state index is 13.3. The first-order valence-electron chi connectivity index (χ1n) is 4.75. The summed E-state index contributed by atoms with van der Waals surface area (Å²) in [6.07, 6.45) is 2.81. The van der Waals surface area contributed by atoms with Crippen LogP contribution < -0.4 is 4.74 Å². The van der Waals surface area contributed by atoms with E-state index in [4.69, 9.17) is 4.74 Å². The standard InChI is InChI=1S/C11H13FO/c1-2-8-6-9-4-3-5-13-11(9)7-10(8)12/h6-7H,2-5H2,1H3. The van der Waals surface area contributed by atoms with Crippen LogP contribution in [0.2, 0.25) is 0 Å². The van der Waals surface area contributed by atoms with Gasteiger partial charge >= 0.3 is 0 Å². The van der Waals surface area contributed by atoms with Gasteiger partial charge in [0.1, 0.15) is 11.6 Å². The molecule has 0 spiro atoms. The molecule has 1 heterocycles. The molecule has 0 amide bonds. The lowest BCUT2D eigenvalue weighted by molar-refractivity contribution is 0.286. The number of rotatable bonds is 1. The van der Waals surface area contributed by atoms with E-state index in [0.29, 0.717) is 0 Å². The zero-order chi connectivity index (χ0) is 9.26. The average molecular weight is 180 g/mol. The van der Waals surface area contributed by atoms with Crippen LogP contribution in [0.3, 0.4) is 0 Å². The first kappa shape index (κ1) is 8.54. The van der Waals surface area contributed by atoms with Crippen LogP contribution in [-0.2, 0) is 12.8 Å². The molecule has 2 heteroatoms. The van der Waals surface area contributed by atoms with Gasteiger partial charge in [0.2, 0.25) is 0 Å². The number of aryl methyl sites for hydroxylation is 2. The van der Waals surface area contributed by atoms with Gasteiger partial charge < -0.3 is 4.74 Å². The average Bonchev–Trinajstić information content (AvgIpc) is 2.17. The van der Waals surface area contributed by atoms with Gasteiger partial charge in [-0.25, -0.2) is 4.39 Å². The van der Waals surface area contributed by atoms with Crippen LogP contribution in [0.4, 0.5) is 4.39 Å². The highest BCUT2D eigenvalue weighted by Gasteiger charge is 2.13. The second kappa shape index (κ2) is 3.36. The summed E-state index contributed by atoms with van der Waals surface area (Å²) in [5.74, 6) is 0.601. The van der Waals surface area contributed by atoms with Gasteiger partial charge in [-0.05, 0) is 36.5 Å². The largest absolute Gasteiger partial charge is 0.493 e. The number of ether oxygens (including phenoxy) is 1. The minimum absolute atomic E-state index is 0.136. The second-order valence-electron chi connectivity index (χ2n) is 3.36. The van der Waals surface area contributed by atoms with Crippen molar-refractivity contribution in [3.63, 3.8) is 0 Å². The number of hydrogen-bond donors (Lipinski definition) is 0. The Morgan fingerprint density at radius 2 is 2.31 bits per heavy atom. The van der Waals surface area contributed by atoms with E-state index in [-0.39, 0.29) is 5.82 Å². The molecule has 1 nitrogen and oxygen atoms in total. The highest BCUT2D eigenvalue weighted by Crippen LogP contribution is 2.27. The van der Waals surface area contributed by atoms with Crippen LogP contribution in [0, 0.1) is 5.82 Å². The molecule has 0 aliphatic carbocycles. The quantitative estimate of drug-likeness (QED) is 0.645.